The second kappa shape index (κ2) is 8.52. The SMILES string of the molecule is CCC1CC(C2(C3CC(C)C(N)C(CC)C3)CCCCC2)CC(C)C1N. The zero-order chi connectivity index (χ0) is 18.9. The van der Waals surface area contributed by atoms with Gasteiger partial charge in [-0.15, -0.1) is 0 Å². The van der Waals surface area contributed by atoms with Crippen LogP contribution in [0.2, 0.25) is 0 Å². The number of hydrogen-bond donors (Lipinski definition) is 2. The summed E-state index contributed by atoms with van der Waals surface area (Å²) in [6.45, 7) is 9.60. The minimum Gasteiger partial charge on any atom is -0.327 e. The van der Waals surface area contributed by atoms with Crippen molar-refractivity contribution >= 4 is 0 Å². The average molecular weight is 363 g/mol. The molecule has 3 fully saturated rings. The van der Waals surface area contributed by atoms with E-state index < -0.39 is 0 Å². The van der Waals surface area contributed by atoms with E-state index >= 15 is 0 Å². The number of rotatable bonds is 4. The summed E-state index contributed by atoms with van der Waals surface area (Å²) in [5.41, 5.74) is 13.8. The Morgan fingerprint density at radius 2 is 1.12 bits per heavy atom. The van der Waals surface area contributed by atoms with Gasteiger partial charge in [-0.1, -0.05) is 59.8 Å². The van der Waals surface area contributed by atoms with E-state index in [-0.39, 0.29) is 0 Å². The molecular weight excluding hydrogens is 316 g/mol. The zero-order valence-corrected chi connectivity index (χ0v) is 18.1. The van der Waals surface area contributed by atoms with Crippen molar-refractivity contribution in [2.75, 3.05) is 0 Å². The molecule has 0 aromatic carbocycles. The third kappa shape index (κ3) is 3.75. The second-order valence-electron chi connectivity index (χ2n) is 10.6. The maximum atomic E-state index is 6.61. The molecule has 2 heteroatoms. The van der Waals surface area contributed by atoms with Gasteiger partial charge in [0.1, 0.15) is 0 Å². The van der Waals surface area contributed by atoms with Gasteiger partial charge in [-0.05, 0) is 79.4 Å². The quantitative estimate of drug-likeness (QED) is 0.670. The fourth-order valence-electron chi connectivity index (χ4n) is 7.56. The number of nitrogens with two attached hydrogens (primary N) is 2. The van der Waals surface area contributed by atoms with Crippen LogP contribution in [0.3, 0.4) is 0 Å². The highest BCUT2D eigenvalue weighted by molar-refractivity contribution is 5.02. The lowest BCUT2D eigenvalue weighted by Crippen LogP contribution is -2.52. The molecule has 0 aromatic rings. The second-order valence-corrected chi connectivity index (χ2v) is 10.6. The summed E-state index contributed by atoms with van der Waals surface area (Å²) in [6.07, 6.45) is 15.4. The van der Waals surface area contributed by atoms with Crippen molar-refractivity contribution in [3.63, 3.8) is 0 Å². The molecule has 0 radical (unpaired) electrons. The van der Waals surface area contributed by atoms with Crippen molar-refractivity contribution < 1.29 is 0 Å². The molecule has 0 aromatic heterocycles. The van der Waals surface area contributed by atoms with Crippen LogP contribution in [0.15, 0.2) is 0 Å². The van der Waals surface area contributed by atoms with Gasteiger partial charge >= 0.3 is 0 Å². The lowest BCUT2D eigenvalue weighted by Gasteiger charge is -2.56. The molecule has 152 valence electrons. The highest BCUT2D eigenvalue weighted by atomic mass is 14.7. The molecule has 8 unspecified atom stereocenters. The molecule has 3 rings (SSSR count). The predicted octanol–water partition coefficient (Wildman–Crippen LogP) is 5.74. The van der Waals surface area contributed by atoms with Crippen LogP contribution in [0.25, 0.3) is 0 Å². The Labute approximate surface area is 163 Å². The summed E-state index contributed by atoms with van der Waals surface area (Å²) in [4.78, 5) is 0. The molecule has 26 heavy (non-hydrogen) atoms. The molecule has 8 atom stereocenters. The first-order valence-corrected chi connectivity index (χ1v) is 11.9. The fraction of sp³-hybridized carbons (Fsp3) is 1.00. The molecule has 0 bridgehead atoms. The van der Waals surface area contributed by atoms with Crippen molar-refractivity contribution in [2.45, 2.75) is 110 Å². The molecule has 3 aliphatic carbocycles. The van der Waals surface area contributed by atoms with Crippen LogP contribution in [-0.2, 0) is 0 Å². The summed E-state index contributed by atoms with van der Waals surface area (Å²) in [5.74, 6) is 4.70. The van der Waals surface area contributed by atoms with Gasteiger partial charge in [0.15, 0.2) is 0 Å². The Morgan fingerprint density at radius 3 is 1.50 bits per heavy atom. The third-order valence-corrected chi connectivity index (χ3v) is 9.35. The molecule has 3 aliphatic rings. The van der Waals surface area contributed by atoms with Crippen LogP contribution < -0.4 is 11.5 Å². The smallest absolute Gasteiger partial charge is 0.00931 e. The van der Waals surface area contributed by atoms with E-state index in [2.05, 4.69) is 27.7 Å². The Hall–Kier alpha value is -0.0800. The Balaban J connectivity index is 1.87. The molecular formula is C24H46N2. The Kier molecular flexibility index (Phi) is 6.76. The van der Waals surface area contributed by atoms with Gasteiger partial charge in [-0.2, -0.15) is 0 Å². The number of hydrogen-bond acceptors (Lipinski definition) is 2. The summed E-state index contributed by atoms with van der Waals surface area (Å²) in [7, 11) is 0. The summed E-state index contributed by atoms with van der Waals surface area (Å²) < 4.78 is 0. The lowest BCUT2D eigenvalue weighted by atomic mass is 9.49. The van der Waals surface area contributed by atoms with E-state index in [0.717, 1.165) is 23.7 Å². The van der Waals surface area contributed by atoms with E-state index in [1.807, 2.05) is 0 Å². The molecule has 0 aliphatic heterocycles. The topological polar surface area (TPSA) is 52.0 Å². The van der Waals surface area contributed by atoms with E-state index in [1.54, 1.807) is 0 Å². The van der Waals surface area contributed by atoms with Crippen molar-refractivity contribution in [2.24, 2.45) is 52.4 Å². The monoisotopic (exact) mass is 362 g/mol. The highest BCUT2D eigenvalue weighted by Gasteiger charge is 2.51. The van der Waals surface area contributed by atoms with Gasteiger partial charge < -0.3 is 11.5 Å². The van der Waals surface area contributed by atoms with Crippen LogP contribution in [0.5, 0.6) is 0 Å². The van der Waals surface area contributed by atoms with Gasteiger partial charge in [-0.3, -0.25) is 0 Å². The maximum absolute atomic E-state index is 6.61. The zero-order valence-electron chi connectivity index (χ0n) is 18.1. The average Bonchev–Trinajstić information content (AvgIpc) is 2.66. The Morgan fingerprint density at radius 1 is 0.692 bits per heavy atom. The first kappa shape index (κ1) is 20.6. The van der Waals surface area contributed by atoms with E-state index in [4.69, 9.17) is 11.5 Å². The molecule has 0 heterocycles. The van der Waals surface area contributed by atoms with Gasteiger partial charge in [0.25, 0.3) is 0 Å². The van der Waals surface area contributed by atoms with Crippen LogP contribution >= 0.6 is 0 Å². The first-order chi connectivity index (χ1) is 12.4. The minimum atomic E-state index is 0.430. The van der Waals surface area contributed by atoms with Crippen LogP contribution in [0, 0.1) is 40.9 Å². The minimum absolute atomic E-state index is 0.430. The van der Waals surface area contributed by atoms with Gasteiger partial charge in [0.2, 0.25) is 0 Å². The van der Waals surface area contributed by atoms with E-state index in [0.29, 0.717) is 29.3 Å². The normalized spacial score (nSPS) is 46.8. The van der Waals surface area contributed by atoms with Crippen LogP contribution in [-0.4, -0.2) is 12.1 Å². The van der Waals surface area contributed by atoms with Gasteiger partial charge in [0, 0.05) is 12.1 Å². The van der Waals surface area contributed by atoms with E-state index in [9.17, 15) is 0 Å². The van der Waals surface area contributed by atoms with Crippen LogP contribution in [0.1, 0.15) is 98.3 Å². The molecule has 3 saturated carbocycles. The standard InChI is InChI=1S/C24H46N2/c1-5-18-14-20(12-16(3)22(18)25)24(10-8-7-9-11-24)21-13-17(4)23(26)19(6-2)15-21/h16-23H,5-15,25-26H2,1-4H3. The van der Waals surface area contributed by atoms with Gasteiger partial charge in [-0.25, -0.2) is 0 Å². The largest absolute Gasteiger partial charge is 0.327 e. The predicted molar refractivity (Wildman–Crippen MR) is 113 cm³/mol. The van der Waals surface area contributed by atoms with Crippen molar-refractivity contribution in [3.05, 3.63) is 0 Å². The van der Waals surface area contributed by atoms with Crippen LogP contribution in [0.4, 0.5) is 0 Å². The summed E-state index contributed by atoms with van der Waals surface area (Å²) in [6, 6.07) is 0.859. The molecule has 2 nitrogen and oxygen atoms in total. The Bertz CT molecular complexity index is 407. The van der Waals surface area contributed by atoms with Crippen molar-refractivity contribution in [3.8, 4) is 0 Å². The molecule has 0 saturated heterocycles. The molecule has 0 spiro atoms. The van der Waals surface area contributed by atoms with E-state index in [1.165, 1.54) is 70.6 Å². The van der Waals surface area contributed by atoms with Gasteiger partial charge in [0.05, 0.1) is 0 Å². The molecule has 0 amide bonds. The fourth-order valence-corrected chi connectivity index (χ4v) is 7.56. The summed E-state index contributed by atoms with van der Waals surface area (Å²) >= 11 is 0. The third-order valence-electron chi connectivity index (χ3n) is 9.35. The molecule has 4 N–H and O–H groups in total. The first-order valence-electron chi connectivity index (χ1n) is 11.9. The maximum Gasteiger partial charge on any atom is 0.00931 e. The summed E-state index contributed by atoms with van der Waals surface area (Å²) in [5, 5.41) is 0. The van der Waals surface area contributed by atoms with Crippen molar-refractivity contribution in [1.29, 1.82) is 0 Å². The lowest BCUT2D eigenvalue weighted by molar-refractivity contribution is -0.0567. The highest BCUT2D eigenvalue weighted by Crippen LogP contribution is 2.59. The van der Waals surface area contributed by atoms with Crippen molar-refractivity contribution in [1.82, 2.24) is 0 Å².